The lowest BCUT2D eigenvalue weighted by Gasteiger charge is -2.10. The van der Waals surface area contributed by atoms with E-state index in [1.807, 2.05) is 48.5 Å². The first-order valence-electron chi connectivity index (χ1n) is 18.8. The van der Waals surface area contributed by atoms with Gasteiger partial charge in [0.1, 0.15) is 11.2 Å². The Balaban J connectivity index is 1.09. The fraction of sp³-hybridized carbons (Fsp3) is 0. The van der Waals surface area contributed by atoms with E-state index in [0.717, 1.165) is 72.1 Å². The Labute approximate surface area is 322 Å². The van der Waals surface area contributed by atoms with Crippen LogP contribution in [0.3, 0.4) is 0 Å². The summed E-state index contributed by atoms with van der Waals surface area (Å²) in [6.45, 7) is 0. The summed E-state index contributed by atoms with van der Waals surface area (Å²) in [5.41, 5.74) is 12.2. The van der Waals surface area contributed by atoms with Gasteiger partial charge in [-0.2, -0.15) is 0 Å². The Morgan fingerprint density at radius 3 is 1.77 bits per heavy atom. The highest BCUT2D eigenvalue weighted by molar-refractivity contribution is 6.16. The number of hydrogen-bond acceptors (Lipinski definition) is 4. The number of nitrogens with zero attached hydrogens (tertiary/aromatic N) is 4. The van der Waals surface area contributed by atoms with Gasteiger partial charge in [-0.3, -0.25) is 0 Å². The molecule has 3 heterocycles. The molecule has 5 nitrogen and oxygen atoms in total. The van der Waals surface area contributed by atoms with E-state index in [4.69, 9.17) is 19.4 Å². The molecule has 0 saturated carbocycles. The molecule has 3 aromatic heterocycles. The molecule has 0 atom stereocenters. The number of furan rings is 1. The van der Waals surface area contributed by atoms with Gasteiger partial charge in [0, 0.05) is 49.5 Å². The first-order chi connectivity index (χ1) is 27.8. The van der Waals surface area contributed by atoms with Crippen LogP contribution >= 0.6 is 0 Å². The van der Waals surface area contributed by atoms with Crippen LogP contribution in [-0.4, -0.2) is 19.5 Å². The van der Waals surface area contributed by atoms with Crippen molar-refractivity contribution in [1.29, 1.82) is 0 Å². The molecule has 0 aliphatic carbocycles. The van der Waals surface area contributed by atoms with Crippen molar-refractivity contribution in [1.82, 2.24) is 19.5 Å². The van der Waals surface area contributed by atoms with Crippen LogP contribution in [0.4, 0.5) is 0 Å². The molecule has 0 radical (unpaired) electrons. The molecule has 0 fully saturated rings. The highest BCUT2D eigenvalue weighted by atomic mass is 16.3. The summed E-state index contributed by atoms with van der Waals surface area (Å²) >= 11 is 0. The molecular formula is C51H32N4O. The van der Waals surface area contributed by atoms with E-state index >= 15 is 0 Å². The lowest BCUT2D eigenvalue weighted by atomic mass is 9.99. The molecule has 0 aliphatic rings. The van der Waals surface area contributed by atoms with Gasteiger partial charge in [-0.25, -0.2) is 15.0 Å². The molecular weight excluding hydrogens is 685 g/mol. The van der Waals surface area contributed by atoms with Gasteiger partial charge in [0.15, 0.2) is 17.5 Å². The minimum Gasteiger partial charge on any atom is -0.455 e. The standard InChI is InChI=1S/C51H32N4O/c1-4-15-33(16-5-1)35-19-12-20-37(31-35)50-52-49(34-17-6-2-7-18-34)53-51(54-50)42-26-14-28-46-47(42)41-25-13-24-39(48(41)56-46)36-29-30-45-43(32-36)40-23-10-11-27-44(40)55(45)38-21-8-3-9-22-38/h1-32H. The molecule has 0 bridgehead atoms. The van der Waals surface area contributed by atoms with Crippen LogP contribution in [0.2, 0.25) is 0 Å². The molecule has 11 rings (SSSR count). The van der Waals surface area contributed by atoms with Crippen molar-refractivity contribution in [2.75, 3.05) is 0 Å². The van der Waals surface area contributed by atoms with Gasteiger partial charge in [0.25, 0.3) is 0 Å². The van der Waals surface area contributed by atoms with Crippen LogP contribution in [0, 0.1) is 0 Å². The van der Waals surface area contributed by atoms with Crippen molar-refractivity contribution in [3.05, 3.63) is 194 Å². The van der Waals surface area contributed by atoms with E-state index in [2.05, 4.69) is 150 Å². The first-order valence-corrected chi connectivity index (χ1v) is 18.8. The van der Waals surface area contributed by atoms with Crippen molar-refractivity contribution in [2.45, 2.75) is 0 Å². The van der Waals surface area contributed by atoms with Gasteiger partial charge in [0.05, 0.1) is 11.0 Å². The highest BCUT2D eigenvalue weighted by Crippen LogP contribution is 2.42. The Hall–Kier alpha value is -7.63. The van der Waals surface area contributed by atoms with Crippen molar-refractivity contribution in [2.24, 2.45) is 0 Å². The molecule has 262 valence electrons. The molecule has 0 spiro atoms. The van der Waals surface area contributed by atoms with Crippen molar-refractivity contribution in [3.8, 4) is 62.1 Å². The number of fused-ring (bicyclic) bond motifs is 6. The maximum absolute atomic E-state index is 6.79. The summed E-state index contributed by atoms with van der Waals surface area (Å²) in [7, 11) is 0. The maximum Gasteiger partial charge on any atom is 0.164 e. The van der Waals surface area contributed by atoms with Crippen LogP contribution in [0.25, 0.3) is 106 Å². The summed E-state index contributed by atoms with van der Waals surface area (Å²) in [6, 6.07) is 67.3. The van der Waals surface area contributed by atoms with Crippen molar-refractivity contribution in [3.63, 3.8) is 0 Å². The smallest absolute Gasteiger partial charge is 0.164 e. The summed E-state index contributed by atoms with van der Waals surface area (Å²) in [5.74, 6) is 1.82. The number of aromatic nitrogens is 4. The van der Waals surface area contributed by atoms with Gasteiger partial charge in [-0.15, -0.1) is 0 Å². The largest absolute Gasteiger partial charge is 0.455 e. The zero-order valence-corrected chi connectivity index (χ0v) is 30.2. The van der Waals surface area contributed by atoms with E-state index in [1.54, 1.807) is 0 Å². The Bertz CT molecular complexity index is 3240. The monoisotopic (exact) mass is 716 g/mol. The van der Waals surface area contributed by atoms with Gasteiger partial charge in [-0.1, -0.05) is 152 Å². The number of para-hydroxylation sites is 3. The van der Waals surface area contributed by atoms with Crippen LogP contribution < -0.4 is 0 Å². The Morgan fingerprint density at radius 2 is 0.946 bits per heavy atom. The van der Waals surface area contributed by atoms with Gasteiger partial charge >= 0.3 is 0 Å². The van der Waals surface area contributed by atoms with Crippen LogP contribution in [-0.2, 0) is 0 Å². The Morgan fingerprint density at radius 1 is 0.357 bits per heavy atom. The maximum atomic E-state index is 6.79. The molecule has 0 unspecified atom stereocenters. The summed E-state index contributed by atoms with van der Waals surface area (Å²) in [6.07, 6.45) is 0. The highest BCUT2D eigenvalue weighted by Gasteiger charge is 2.21. The summed E-state index contributed by atoms with van der Waals surface area (Å²) in [5, 5.41) is 4.38. The summed E-state index contributed by atoms with van der Waals surface area (Å²) < 4.78 is 9.13. The molecule has 0 amide bonds. The van der Waals surface area contributed by atoms with Gasteiger partial charge < -0.3 is 8.98 Å². The predicted octanol–water partition coefficient (Wildman–Crippen LogP) is 13.2. The molecule has 5 heteroatoms. The zero-order valence-electron chi connectivity index (χ0n) is 30.2. The second kappa shape index (κ2) is 13.0. The fourth-order valence-corrected chi connectivity index (χ4v) is 8.07. The second-order valence-electron chi connectivity index (χ2n) is 14.0. The average Bonchev–Trinajstić information content (AvgIpc) is 3.83. The summed E-state index contributed by atoms with van der Waals surface area (Å²) in [4.78, 5) is 15.3. The third-order valence-electron chi connectivity index (χ3n) is 10.7. The van der Waals surface area contributed by atoms with Crippen molar-refractivity contribution < 1.29 is 4.42 Å². The lowest BCUT2D eigenvalue weighted by molar-refractivity contribution is 0.670. The minimum atomic E-state index is 0.591. The SMILES string of the molecule is c1ccc(-c2cccc(-c3nc(-c4ccccc4)nc(-c4cccc5oc6c(-c7ccc8c(c7)c7ccccc7n8-c7ccccc7)cccc6c45)n3)c2)cc1. The lowest BCUT2D eigenvalue weighted by Crippen LogP contribution is -2.00. The molecule has 0 aliphatic heterocycles. The average molecular weight is 717 g/mol. The minimum absolute atomic E-state index is 0.591. The van der Waals surface area contributed by atoms with Crippen molar-refractivity contribution >= 4 is 43.7 Å². The molecule has 56 heavy (non-hydrogen) atoms. The Kier molecular flexibility index (Phi) is 7.42. The predicted molar refractivity (Wildman–Crippen MR) is 229 cm³/mol. The number of hydrogen-bond donors (Lipinski definition) is 0. The number of rotatable bonds is 6. The van der Waals surface area contributed by atoms with E-state index in [1.165, 1.54) is 16.3 Å². The second-order valence-corrected chi connectivity index (χ2v) is 14.0. The molecule has 0 N–H and O–H groups in total. The third-order valence-corrected chi connectivity index (χ3v) is 10.7. The number of benzene rings is 8. The molecule has 11 aromatic rings. The van der Waals surface area contributed by atoms with E-state index in [0.29, 0.717) is 17.5 Å². The topological polar surface area (TPSA) is 56.7 Å². The fourth-order valence-electron chi connectivity index (χ4n) is 8.07. The van der Waals surface area contributed by atoms with Crippen LogP contribution in [0.5, 0.6) is 0 Å². The zero-order chi connectivity index (χ0) is 37.0. The molecule has 8 aromatic carbocycles. The third kappa shape index (κ3) is 5.29. The van der Waals surface area contributed by atoms with E-state index in [-0.39, 0.29) is 0 Å². The van der Waals surface area contributed by atoms with E-state index in [9.17, 15) is 0 Å². The van der Waals surface area contributed by atoms with E-state index < -0.39 is 0 Å². The first kappa shape index (κ1) is 31.9. The van der Waals surface area contributed by atoms with Crippen LogP contribution in [0.15, 0.2) is 199 Å². The molecule has 0 saturated heterocycles. The van der Waals surface area contributed by atoms with Gasteiger partial charge in [-0.05, 0) is 59.2 Å². The van der Waals surface area contributed by atoms with Gasteiger partial charge in [0.2, 0.25) is 0 Å². The van der Waals surface area contributed by atoms with Crippen LogP contribution in [0.1, 0.15) is 0 Å². The quantitative estimate of drug-likeness (QED) is 0.172. The normalized spacial score (nSPS) is 11.6.